The molecule has 2 aromatic rings. The van der Waals surface area contributed by atoms with Crippen molar-refractivity contribution >= 4 is 27.2 Å². The van der Waals surface area contributed by atoms with Crippen LogP contribution in [0.15, 0.2) is 28.9 Å². The quantitative estimate of drug-likeness (QED) is 0.847. The van der Waals surface area contributed by atoms with E-state index in [1.54, 1.807) is 6.07 Å². The Morgan fingerprint density at radius 2 is 2.39 bits per heavy atom. The maximum atomic E-state index is 12.9. The lowest BCUT2D eigenvalue weighted by molar-refractivity contribution is 0.627. The van der Waals surface area contributed by atoms with Crippen LogP contribution in [0.25, 0.3) is 5.57 Å². The molecule has 0 spiro atoms. The van der Waals surface area contributed by atoms with Crippen molar-refractivity contribution in [2.75, 3.05) is 5.32 Å². The van der Waals surface area contributed by atoms with E-state index in [-0.39, 0.29) is 17.2 Å². The predicted molar refractivity (Wildman–Crippen MR) is 65.5 cm³/mol. The van der Waals surface area contributed by atoms with Crippen LogP contribution in [0.2, 0.25) is 0 Å². The molecular weight excluding hydrogens is 303 g/mol. The number of H-pyrrole nitrogens is 1. The third-order valence-electron chi connectivity index (χ3n) is 2.01. The van der Waals surface area contributed by atoms with Crippen LogP contribution in [-0.2, 0) is 0 Å². The Kier molecular flexibility index (Phi) is 3.64. The second-order valence-electron chi connectivity index (χ2n) is 3.17. The van der Waals surface area contributed by atoms with E-state index in [2.05, 4.69) is 41.9 Å². The predicted octanol–water partition coefficient (Wildman–Crippen LogP) is 2.08. The number of anilines is 1. The monoisotopic (exact) mass is 308 g/mol. The normalized spacial score (nSPS) is 11.1. The topological polar surface area (TPSA) is 90.3 Å². The SMILES string of the molecule is N#CC(=CNc1ccc(F)cc1Br)c1nn[nH]n1. The van der Waals surface area contributed by atoms with Gasteiger partial charge in [0.2, 0.25) is 5.82 Å². The van der Waals surface area contributed by atoms with Crippen molar-refractivity contribution in [2.45, 2.75) is 0 Å². The molecule has 0 saturated carbocycles. The molecule has 0 radical (unpaired) electrons. The van der Waals surface area contributed by atoms with Gasteiger partial charge in [0.05, 0.1) is 5.69 Å². The molecular formula is C10H6BrFN6. The fourth-order valence-electron chi connectivity index (χ4n) is 1.18. The van der Waals surface area contributed by atoms with Gasteiger partial charge in [-0.3, -0.25) is 0 Å². The van der Waals surface area contributed by atoms with Crippen LogP contribution in [0.3, 0.4) is 0 Å². The smallest absolute Gasteiger partial charge is 0.216 e. The number of benzene rings is 1. The van der Waals surface area contributed by atoms with E-state index in [1.807, 2.05) is 6.07 Å². The second-order valence-corrected chi connectivity index (χ2v) is 4.03. The molecule has 0 fully saturated rings. The van der Waals surface area contributed by atoms with Crippen molar-refractivity contribution in [3.8, 4) is 6.07 Å². The van der Waals surface area contributed by atoms with Gasteiger partial charge in [-0.05, 0) is 39.3 Å². The van der Waals surface area contributed by atoms with E-state index in [1.165, 1.54) is 18.3 Å². The zero-order valence-corrected chi connectivity index (χ0v) is 10.4. The van der Waals surface area contributed by atoms with Gasteiger partial charge >= 0.3 is 0 Å². The highest BCUT2D eigenvalue weighted by molar-refractivity contribution is 9.10. The Balaban J connectivity index is 2.22. The van der Waals surface area contributed by atoms with Gasteiger partial charge in [-0.2, -0.15) is 10.5 Å². The standard InChI is InChI=1S/C10H6BrFN6/c11-8-3-7(12)1-2-9(8)14-5-6(4-13)10-15-17-18-16-10/h1-3,5,14H,(H,15,16,17,18). The summed E-state index contributed by atoms with van der Waals surface area (Å²) >= 11 is 3.20. The highest BCUT2D eigenvalue weighted by Crippen LogP contribution is 2.23. The first-order chi connectivity index (χ1) is 8.70. The maximum absolute atomic E-state index is 12.9. The zero-order valence-electron chi connectivity index (χ0n) is 8.85. The average Bonchev–Trinajstić information content (AvgIpc) is 2.86. The fourth-order valence-corrected chi connectivity index (χ4v) is 1.64. The van der Waals surface area contributed by atoms with Gasteiger partial charge < -0.3 is 5.32 Å². The number of halogens is 2. The number of aromatic nitrogens is 4. The molecule has 2 N–H and O–H groups in total. The number of hydrogen-bond donors (Lipinski definition) is 2. The fraction of sp³-hybridized carbons (Fsp3) is 0. The lowest BCUT2D eigenvalue weighted by atomic mass is 10.3. The third-order valence-corrected chi connectivity index (χ3v) is 2.67. The number of nitrogens with one attached hydrogen (secondary N) is 2. The van der Waals surface area contributed by atoms with Crippen molar-refractivity contribution in [2.24, 2.45) is 0 Å². The van der Waals surface area contributed by atoms with E-state index in [0.29, 0.717) is 10.2 Å². The molecule has 1 aromatic carbocycles. The van der Waals surface area contributed by atoms with Crippen LogP contribution < -0.4 is 5.32 Å². The van der Waals surface area contributed by atoms with Crippen molar-refractivity contribution in [3.63, 3.8) is 0 Å². The number of rotatable bonds is 3. The van der Waals surface area contributed by atoms with Crippen LogP contribution in [-0.4, -0.2) is 20.6 Å². The number of hydrogen-bond acceptors (Lipinski definition) is 5. The van der Waals surface area contributed by atoms with Crippen molar-refractivity contribution in [1.29, 1.82) is 5.26 Å². The van der Waals surface area contributed by atoms with Crippen molar-refractivity contribution in [1.82, 2.24) is 20.6 Å². The molecule has 1 aromatic heterocycles. The summed E-state index contributed by atoms with van der Waals surface area (Å²) in [7, 11) is 0. The van der Waals surface area contributed by atoms with Crippen LogP contribution in [0.1, 0.15) is 5.82 Å². The minimum Gasteiger partial charge on any atom is -0.359 e. The van der Waals surface area contributed by atoms with Gasteiger partial charge in [0.25, 0.3) is 0 Å². The first-order valence-corrected chi connectivity index (χ1v) is 5.55. The van der Waals surface area contributed by atoms with E-state index < -0.39 is 0 Å². The van der Waals surface area contributed by atoms with Gasteiger partial charge in [-0.1, -0.05) is 0 Å². The molecule has 0 saturated heterocycles. The van der Waals surface area contributed by atoms with Gasteiger partial charge in [0.1, 0.15) is 17.5 Å². The number of nitrogens with zero attached hydrogens (tertiary/aromatic N) is 4. The number of nitriles is 1. The molecule has 0 atom stereocenters. The molecule has 18 heavy (non-hydrogen) atoms. The van der Waals surface area contributed by atoms with E-state index in [4.69, 9.17) is 5.26 Å². The van der Waals surface area contributed by atoms with Gasteiger partial charge in [0.15, 0.2) is 0 Å². The molecule has 0 bridgehead atoms. The number of allylic oxidation sites excluding steroid dienone is 1. The average molecular weight is 309 g/mol. The van der Waals surface area contributed by atoms with E-state index in [0.717, 1.165) is 0 Å². The summed E-state index contributed by atoms with van der Waals surface area (Å²) in [5.41, 5.74) is 0.826. The molecule has 0 amide bonds. The van der Waals surface area contributed by atoms with Gasteiger partial charge in [0, 0.05) is 10.7 Å². The minimum absolute atomic E-state index is 0.184. The van der Waals surface area contributed by atoms with Crippen LogP contribution in [0.4, 0.5) is 10.1 Å². The maximum Gasteiger partial charge on any atom is 0.216 e. The summed E-state index contributed by atoms with van der Waals surface area (Å²) < 4.78 is 13.4. The lowest BCUT2D eigenvalue weighted by Crippen LogP contribution is -1.94. The molecule has 0 aliphatic heterocycles. The zero-order chi connectivity index (χ0) is 13.0. The summed E-state index contributed by atoms with van der Waals surface area (Å²) in [6, 6.07) is 6.10. The summed E-state index contributed by atoms with van der Waals surface area (Å²) in [5.74, 6) is -0.168. The Morgan fingerprint density at radius 3 is 3.00 bits per heavy atom. The van der Waals surface area contributed by atoms with Crippen molar-refractivity contribution in [3.05, 3.63) is 40.5 Å². The summed E-state index contributed by atoms with van der Waals surface area (Å²) in [5, 5.41) is 24.8. The largest absolute Gasteiger partial charge is 0.359 e. The second kappa shape index (κ2) is 5.37. The van der Waals surface area contributed by atoms with Crippen LogP contribution in [0, 0.1) is 17.1 Å². The molecule has 90 valence electrons. The Bertz CT molecular complexity index is 616. The highest BCUT2D eigenvalue weighted by Gasteiger charge is 2.06. The van der Waals surface area contributed by atoms with Crippen molar-refractivity contribution < 1.29 is 4.39 Å². The Morgan fingerprint density at radius 1 is 1.56 bits per heavy atom. The summed E-state index contributed by atoms with van der Waals surface area (Å²) in [6.07, 6.45) is 1.42. The van der Waals surface area contributed by atoms with E-state index in [9.17, 15) is 4.39 Å². The summed E-state index contributed by atoms with van der Waals surface area (Å²) in [6.45, 7) is 0. The molecule has 8 heteroatoms. The Labute approximate surface area is 110 Å². The number of aromatic amines is 1. The van der Waals surface area contributed by atoms with Gasteiger partial charge in [-0.15, -0.1) is 10.2 Å². The molecule has 0 aliphatic carbocycles. The van der Waals surface area contributed by atoms with Crippen LogP contribution >= 0.6 is 15.9 Å². The molecule has 1 heterocycles. The van der Waals surface area contributed by atoms with E-state index >= 15 is 0 Å². The molecule has 6 nitrogen and oxygen atoms in total. The first-order valence-electron chi connectivity index (χ1n) is 4.76. The molecule has 0 aliphatic rings. The Hall–Kier alpha value is -2.27. The third kappa shape index (κ3) is 2.70. The van der Waals surface area contributed by atoms with Crippen LogP contribution in [0.5, 0.6) is 0 Å². The lowest BCUT2D eigenvalue weighted by Gasteiger charge is -2.03. The van der Waals surface area contributed by atoms with Gasteiger partial charge in [-0.25, -0.2) is 4.39 Å². The number of tetrazole rings is 1. The minimum atomic E-state index is -0.352. The first kappa shape index (κ1) is 12.2. The molecule has 2 rings (SSSR count). The summed E-state index contributed by atoms with van der Waals surface area (Å²) in [4.78, 5) is 0. The highest BCUT2D eigenvalue weighted by atomic mass is 79.9. The molecule has 0 unspecified atom stereocenters.